The topological polar surface area (TPSA) is 44.8 Å². The van der Waals surface area contributed by atoms with Crippen molar-refractivity contribution in [2.45, 2.75) is 18.1 Å². The predicted molar refractivity (Wildman–Crippen MR) is 91.3 cm³/mol. The molecule has 0 unspecified atom stereocenters. The van der Waals surface area contributed by atoms with Crippen LogP contribution in [0.4, 0.5) is 4.39 Å². The molecule has 1 aliphatic heterocycles. The van der Waals surface area contributed by atoms with Crippen LogP contribution in [-0.2, 0) is 27.5 Å². The van der Waals surface area contributed by atoms with E-state index in [-0.39, 0.29) is 31.7 Å². The lowest BCUT2D eigenvalue weighted by atomic mass is 10.1. The van der Waals surface area contributed by atoms with Crippen LogP contribution in [0, 0.1) is 5.82 Å². The van der Waals surface area contributed by atoms with Crippen LogP contribution in [0.3, 0.4) is 0 Å². The minimum atomic E-state index is -0.405. The van der Waals surface area contributed by atoms with Gasteiger partial charge in [-0.05, 0) is 36.4 Å². The van der Waals surface area contributed by atoms with Crippen LogP contribution < -0.4 is 4.74 Å². The number of ether oxygens (including phenoxy) is 3. The summed E-state index contributed by atoms with van der Waals surface area (Å²) in [6, 6.07) is 10.3. The number of carbonyl (C=O) groups excluding carboxylic acids is 1. The second-order valence-electron chi connectivity index (χ2n) is 5.07. The van der Waals surface area contributed by atoms with Gasteiger partial charge in [0.2, 0.25) is 0 Å². The molecule has 1 heterocycles. The van der Waals surface area contributed by atoms with Gasteiger partial charge in [0, 0.05) is 20.5 Å². The molecular formula is C17H14BrFO4S. The zero-order valence-electron chi connectivity index (χ0n) is 12.6. The number of hydrogen-bond acceptors (Lipinski definition) is 5. The third kappa shape index (κ3) is 4.49. The van der Waals surface area contributed by atoms with Gasteiger partial charge in [-0.15, -0.1) is 11.8 Å². The van der Waals surface area contributed by atoms with Crippen LogP contribution in [0.2, 0.25) is 0 Å². The fourth-order valence-corrected chi connectivity index (χ4v) is 3.20. The lowest BCUT2D eigenvalue weighted by Gasteiger charge is -2.20. The number of thioether (sulfide) groups is 1. The Kier molecular flexibility index (Phi) is 5.76. The van der Waals surface area contributed by atoms with Crippen LogP contribution >= 0.6 is 27.7 Å². The number of carbonyl (C=O) groups is 1. The molecule has 4 nitrogen and oxygen atoms in total. The Hall–Kier alpha value is -1.57. The lowest BCUT2D eigenvalue weighted by molar-refractivity contribution is -0.141. The highest BCUT2D eigenvalue weighted by atomic mass is 79.9. The van der Waals surface area contributed by atoms with Crippen LogP contribution in [-0.4, -0.2) is 18.5 Å². The van der Waals surface area contributed by atoms with Gasteiger partial charge in [-0.1, -0.05) is 15.9 Å². The number of rotatable bonds is 5. The second-order valence-corrected chi connectivity index (χ2v) is 7.03. The second kappa shape index (κ2) is 8.00. The Morgan fingerprint density at radius 3 is 2.88 bits per heavy atom. The Bertz CT molecular complexity index is 736. The van der Waals surface area contributed by atoms with E-state index in [2.05, 4.69) is 15.9 Å². The fourth-order valence-electron chi connectivity index (χ4n) is 2.24. The normalized spacial score (nSPS) is 13.1. The van der Waals surface area contributed by atoms with E-state index in [1.807, 2.05) is 24.3 Å². The molecule has 0 fully saturated rings. The van der Waals surface area contributed by atoms with E-state index in [9.17, 15) is 9.18 Å². The molecule has 0 saturated carbocycles. The van der Waals surface area contributed by atoms with E-state index in [1.54, 1.807) is 0 Å². The summed E-state index contributed by atoms with van der Waals surface area (Å²) >= 11 is 4.74. The average molecular weight is 413 g/mol. The molecule has 0 amide bonds. The van der Waals surface area contributed by atoms with Gasteiger partial charge in [-0.3, -0.25) is 4.79 Å². The molecule has 0 radical (unpaired) electrons. The highest BCUT2D eigenvalue weighted by Gasteiger charge is 2.18. The molecule has 1 aliphatic rings. The monoisotopic (exact) mass is 412 g/mol. The molecule has 3 rings (SSSR count). The molecule has 7 heteroatoms. The van der Waals surface area contributed by atoms with Crippen molar-refractivity contribution in [1.82, 2.24) is 0 Å². The maximum atomic E-state index is 13.6. The first kappa shape index (κ1) is 17.3. The summed E-state index contributed by atoms with van der Waals surface area (Å²) in [7, 11) is 0. The van der Waals surface area contributed by atoms with E-state index in [0.29, 0.717) is 16.9 Å². The Balaban J connectivity index is 1.56. The van der Waals surface area contributed by atoms with Crippen molar-refractivity contribution in [3.63, 3.8) is 0 Å². The Labute approximate surface area is 151 Å². The SMILES string of the molecule is O=C(CSc1ccc(Br)cc1)OCc1cc(F)cc2c1OCOC2. The first-order valence-electron chi connectivity index (χ1n) is 7.17. The highest BCUT2D eigenvalue weighted by molar-refractivity contribution is 9.10. The molecule has 0 N–H and O–H groups in total. The molecule has 0 spiro atoms. The highest BCUT2D eigenvalue weighted by Crippen LogP contribution is 2.30. The number of hydrogen-bond donors (Lipinski definition) is 0. The number of halogens is 2. The molecule has 0 aromatic heterocycles. The zero-order chi connectivity index (χ0) is 16.9. The van der Waals surface area contributed by atoms with Crippen molar-refractivity contribution in [2.24, 2.45) is 0 Å². The van der Waals surface area contributed by atoms with E-state index in [4.69, 9.17) is 14.2 Å². The van der Waals surface area contributed by atoms with Gasteiger partial charge in [-0.2, -0.15) is 0 Å². The van der Waals surface area contributed by atoms with Crippen LogP contribution in [0.5, 0.6) is 5.75 Å². The minimum absolute atomic E-state index is 0.0280. The van der Waals surface area contributed by atoms with Crippen molar-refractivity contribution in [3.8, 4) is 5.75 Å². The maximum absolute atomic E-state index is 13.6. The van der Waals surface area contributed by atoms with Crippen LogP contribution in [0.25, 0.3) is 0 Å². The smallest absolute Gasteiger partial charge is 0.316 e. The predicted octanol–water partition coefficient (Wildman–Crippen LogP) is 4.29. The van der Waals surface area contributed by atoms with Gasteiger partial charge in [0.15, 0.2) is 6.79 Å². The summed E-state index contributed by atoms with van der Waals surface area (Å²) in [5, 5.41) is 0. The van der Waals surface area contributed by atoms with Gasteiger partial charge in [0.1, 0.15) is 18.2 Å². The largest absolute Gasteiger partial charge is 0.467 e. The third-order valence-electron chi connectivity index (χ3n) is 3.31. The summed E-state index contributed by atoms with van der Waals surface area (Å²) in [5.41, 5.74) is 1.13. The van der Waals surface area contributed by atoms with Gasteiger partial charge in [0.25, 0.3) is 0 Å². The van der Waals surface area contributed by atoms with Crippen molar-refractivity contribution < 1.29 is 23.4 Å². The van der Waals surface area contributed by atoms with Gasteiger partial charge in [0.05, 0.1) is 12.4 Å². The average Bonchev–Trinajstić information content (AvgIpc) is 2.59. The fraction of sp³-hybridized carbons (Fsp3) is 0.235. The molecule has 2 aromatic rings. The third-order valence-corrected chi connectivity index (χ3v) is 4.82. The van der Waals surface area contributed by atoms with E-state index in [0.717, 1.165) is 9.37 Å². The standard InChI is InChI=1S/C17H14BrFO4S/c18-13-1-3-15(4-2-13)24-9-16(20)22-8-12-6-14(19)5-11-7-21-10-23-17(11)12/h1-6H,7-10H2. The molecule has 0 aliphatic carbocycles. The Morgan fingerprint density at radius 2 is 2.08 bits per heavy atom. The molecule has 0 saturated heterocycles. The first-order chi connectivity index (χ1) is 11.6. The number of benzene rings is 2. The van der Waals surface area contributed by atoms with Gasteiger partial charge < -0.3 is 14.2 Å². The van der Waals surface area contributed by atoms with Crippen molar-refractivity contribution in [2.75, 3.05) is 12.5 Å². The summed E-state index contributed by atoms with van der Waals surface area (Å²) in [4.78, 5) is 12.9. The molecule has 126 valence electrons. The molecule has 24 heavy (non-hydrogen) atoms. The quantitative estimate of drug-likeness (QED) is 0.541. The van der Waals surface area contributed by atoms with Crippen LogP contribution in [0.1, 0.15) is 11.1 Å². The minimum Gasteiger partial charge on any atom is -0.467 e. The number of esters is 1. The molecule has 2 aromatic carbocycles. The van der Waals surface area contributed by atoms with Crippen molar-refractivity contribution in [3.05, 3.63) is 57.8 Å². The Morgan fingerprint density at radius 1 is 1.29 bits per heavy atom. The summed E-state index contributed by atoms with van der Waals surface area (Å²) < 4.78 is 30.4. The maximum Gasteiger partial charge on any atom is 0.316 e. The van der Waals surface area contributed by atoms with E-state index in [1.165, 1.54) is 23.9 Å². The zero-order valence-corrected chi connectivity index (χ0v) is 15.0. The van der Waals surface area contributed by atoms with E-state index < -0.39 is 5.82 Å². The first-order valence-corrected chi connectivity index (χ1v) is 8.95. The van der Waals surface area contributed by atoms with E-state index >= 15 is 0 Å². The summed E-state index contributed by atoms with van der Waals surface area (Å²) in [5.74, 6) is -0.0505. The molecule has 0 atom stereocenters. The molecule has 0 bridgehead atoms. The summed E-state index contributed by atoms with van der Waals surface area (Å²) in [6.45, 7) is 0.367. The van der Waals surface area contributed by atoms with Crippen molar-refractivity contribution in [1.29, 1.82) is 0 Å². The van der Waals surface area contributed by atoms with Gasteiger partial charge >= 0.3 is 5.97 Å². The summed E-state index contributed by atoms with van der Waals surface area (Å²) in [6.07, 6.45) is 0. The van der Waals surface area contributed by atoms with Crippen LogP contribution in [0.15, 0.2) is 45.8 Å². The van der Waals surface area contributed by atoms with Gasteiger partial charge in [-0.25, -0.2) is 4.39 Å². The lowest BCUT2D eigenvalue weighted by Crippen LogP contribution is -2.15. The molecular weight excluding hydrogens is 399 g/mol. The van der Waals surface area contributed by atoms with Crippen molar-refractivity contribution >= 4 is 33.7 Å². The number of fused-ring (bicyclic) bond motifs is 1.